The van der Waals surface area contributed by atoms with Gasteiger partial charge in [0.1, 0.15) is 0 Å². The lowest BCUT2D eigenvalue weighted by Gasteiger charge is -2.07. The molecule has 3 heterocycles. The van der Waals surface area contributed by atoms with Crippen molar-refractivity contribution in [1.29, 1.82) is 0 Å². The van der Waals surface area contributed by atoms with E-state index in [1.807, 2.05) is 18.2 Å². The third-order valence-electron chi connectivity index (χ3n) is 5.29. The number of benzene rings is 2. The van der Waals surface area contributed by atoms with Crippen LogP contribution in [0.15, 0.2) is 73.2 Å². The number of nitrogens with zero attached hydrogens (tertiary/aromatic N) is 3. The average molecular weight is 381 g/mol. The Morgan fingerprint density at radius 3 is 2.62 bits per heavy atom. The lowest BCUT2D eigenvalue weighted by atomic mass is 10.1. The molecule has 144 valence electrons. The SMILES string of the molecule is NCCCc1nc(Cc2c[nH]c3ccccc23)cn2cc(-c3ccccc3)nc12. The fourth-order valence-corrected chi connectivity index (χ4v) is 3.86. The zero-order valence-corrected chi connectivity index (χ0v) is 16.2. The fourth-order valence-electron chi connectivity index (χ4n) is 3.86. The molecule has 3 N–H and O–H groups in total. The highest BCUT2D eigenvalue weighted by molar-refractivity contribution is 5.83. The Kier molecular flexibility index (Phi) is 4.58. The smallest absolute Gasteiger partial charge is 0.159 e. The molecule has 0 amide bonds. The molecule has 0 aliphatic heterocycles. The molecule has 29 heavy (non-hydrogen) atoms. The summed E-state index contributed by atoms with van der Waals surface area (Å²) in [5.74, 6) is 0. The van der Waals surface area contributed by atoms with Crippen molar-refractivity contribution in [2.45, 2.75) is 19.3 Å². The summed E-state index contributed by atoms with van der Waals surface area (Å²) in [5.41, 5.74) is 13.2. The topological polar surface area (TPSA) is 72.0 Å². The van der Waals surface area contributed by atoms with Gasteiger partial charge < -0.3 is 15.1 Å². The molecule has 5 rings (SSSR count). The molecule has 2 aromatic carbocycles. The van der Waals surface area contributed by atoms with Crippen LogP contribution in [-0.4, -0.2) is 25.9 Å². The van der Waals surface area contributed by atoms with Crippen LogP contribution in [0.1, 0.15) is 23.4 Å². The minimum absolute atomic E-state index is 0.646. The van der Waals surface area contributed by atoms with E-state index in [-0.39, 0.29) is 0 Å². The molecule has 0 saturated heterocycles. The Bertz CT molecular complexity index is 1270. The van der Waals surface area contributed by atoms with E-state index in [0.717, 1.165) is 53.1 Å². The molecule has 3 aromatic heterocycles. The van der Waals surface area contributed by atoms with Gasteiger partial charge in [-0.2, -0.15) is 0 Å². The lowest BCUT2D eigenvalue weighted by Crippen LogP contribution is -2.06. The van der Waals surface area contributed by atoms with Crippen molar-refractivity contribution in [3.8, 4) is 11.3 Å². The number of hydrogen-bond acceptors (Lipinski definition) is 3. The van der Waals surface area contributed by atoms with Crippen molar-refractivity contribution < 1.29 is 0 Å². The number of fused-ring (bicyclic) bond motifs is 2. The number of rotatable bonds is 6. The van der Waals surface area contributed by atoms with E-state index in [1.54, 1.807) is 0 Å². The molecule has 0 aliphatic carbocycles. The monoisotopic (exact) mass is 381 g/mol. The van der Waals surface area contributed by atoms with Gasteiger partial charge in [-0.1, -0.05) is 48.5 Å². The number of aromatic amines is 1. The quantitative estimate of drug-likeness (QED) is 0.459. The van der Waals surface area contributed by atoms with Crippen LogP contribution in [0.3, 0.4) is 0 Å². The molecule has 0 atom stereocenters. The predicted molar refractivity (Wildman–Crippen MR) is 117 cm³/mol. The third kappa shape index (κ3) is 3.41. The van der Waals surface area contributed by atoms with Gasteiger partial charge in [0.05, 0.1) is 17.1 Å². The number of hydrogen-bond donors (Lipinski definition) is 2. The highest BCUT2D eigenvalue weighted by Crippen LogP contribution is 2.24. The summed E-state index contributed by atoms with van der Waals surface area (Å²) >= 11 is 0. The first-order valence-electron chi connectivity index (χ1n) is 10.00. The Hall–Kier alpha value is -3.44. The van der Waals surface area contributed by atoms with Gasteiger partial charge >= 0.3 is 0 Å². The summed E-state index contributed by atoms with van der Waals surface area (Å²) in [6, 6.07) is 18.6. The molecule has 0 fully saturated rings. The lowest BCUT2D eigenvalue weighted by molar-refractivity contribution is 0.798. The summed E-state index contributed by atoms with van der Waals surface area (Å²) in [4.78, 5) is 13.2. The van der Waals surface area contributed by atoms with Gasteiger partial charge in [-0.3, -0.25) is 4.98 Å². The van der Waals surface area contributed by atoms with Gasteiger partial charge in [-0.15, -0.1) is 0 Å². The van der Waals surface area contributed by atoms with Crippen molar-refractivity contribution in [3.63, 3.8) is 0 Å². The molecule has 0 unspecified atom stereocenters. The number of nitrogens with one attached hydrogen (secondary N) is 1. The van der Waals surface area contributed by atoms with E-state index in [1.165, 1.54) is 10.9 Å². The van der Waals surface area contributed by atoms with Crippen molar-refractivity contribution >= 4 is 16.6 Å². The average Bonchev–Trinajstić information content (AvgIpc) is 3.37. The first kappa shape index (κ1) is 17.6. The number of H-pyrrole nitrogens is 1. The van der Waals surface area contributed by atoms with E-state index in [2.05, 4.69) is 64.4 Å². The molecule has 0 aliphatic rings. The van der Waals surface area contributed by atoms with Crippen LogP contribution in [0.5, 0.6) is 0 Å². The first-order valence-corrected chi connectivity index (χ1v) is 10.00. The molecular formula is C24H23N5. The first-order chi connectivity index (χ1) is 14.3. The van der Waals surface area contributed by atoms with Crippen molar-refractivity contribution in [2.75, 3.05) is 6.54 Å². The van der Waals surface area contributed by atoms with E-state index in [0.29, 0.717) is 6.54 Å². The molecule has 5 heteroatoms. The Morgan fingerprint density at radius 1 is 0.931 bits per heavy atom. The number of nitrogens with two attached hydrogens (primary N) is 1. The summed E-state index contributed by atoms with van der Waals surface area (Å²) in [7, 11) is 0. The third-order valence-corrected chi connectivity index (χ3v) is 5.29. The maximum Gasteiger partial charge on any atom is 0.159 e. The van der Waals surface area contributed by atoms with Gasteiger partial charge in [-0.05, 0) is 31.0 Å². The van der Waals surface area contributed by atoms with Crippen molar-refractivity contribution in [2.24, 2.45) is 5.73 Å². The van der Waals surface area contributed by atoms with Crippen molar-refractivity contribution in [3.05, 3.63) is 90.1 Å². The minimum Gasteiger partial charge on any atom is -0.361 e. The van der Waals surface area contributed by atoms with Crippen LogP contribution in [0.25, 0.3) is 27.8 Å². The summed E-state index contributed by atoms with van der Waals surface area (Å²) in [6.07, 6.45) is 8.77. The Labute approximate surface area is 169 Å². The standard InChI is InChI=1S/C24H23N5/c25-12-6-11-22-24-28-23(17-7-2-1-3-8-17)16-29(24)15-19(27-22)13-18-14-26-21-10-5-4-9-20(18)21/h1-5,7-10,14-16,26H,6,11-13,25H2. The van der Waals surface area contributed by atoms with E-state index in [9.17, 15) is 0 Å². The molecule has 5 aromatic rings. The highest BCUT2D eigenvalue weighted by atomic mass is 15.0. The highest BCUT2D eigenvalue weighted by Gasteiger charge is 2.13. The molecule has 0 bridgehead atoms. The van der Waals surface area contributed by atoms with Gasteiger partial charge in [-0.25, -0.2) is 4.98 Å². The maximum atomic E-state index is 5.77. The van der Waals surface area contributed by atoms with E-state index < -0.39 is 0 Å². The minimum atomic E-state index is 0.646. The summed E-state index contributed by atoms with van der Waals surface area (Å²) in [5, 5.41) is 1.24. The summed E-state index contributed by atoms with van der Waals surface area (Å²) < 4.78 is 2.12. The Balaban J connectivity index is 1.58. The number of aromatic nitrogens is 4. The number of para-hydroxylation sites is 1. The van der Waals surface area contributed by atoms with Crippen molar-refractivity contribution in [1.82, 2.24) is 19.4 Å². The van der Waals surface area contributed by atoms with E-state index >= 15 is 0 Å². The van der Waals surface area contributed by atoms with Crippen LogP contribution in [0.2, 0.25) is 0 Å². The predicted octanol–water partition coefficient (Wildman–Crippen LogP) is 4.36. The molecule has 0 radical (unpaired) electrons. The molecular weight excluding hydrogens is 358 g/mol. The largest absolute Gasteiger partial charge is 0.361 e. The van der Waals surface area contributed by atoms with Gasteiger partial charge in [0.15, 0.2) is 5.65 Å². The second kappa shape index (κ2) is 7.53. The Morgan fingerprint density at radius 2 is 1.76 bits per heavy atom. The van der Waals surface area contributed by atoms with Crippen LogP contribution in [-0.2, 0) is 12.8 Å². The molecule has 0 saturated carbocycles. The van der Waals surface area contributed by atoms with Crippen LogP contribution in [0, 0.1) is 0 Å². The second-order valence-corrected chi connectivity index (χ2v) is 7.33. The van der Waals surface area contributed by atoms with Crippen LogP contribution < -0.4 is 5.73 Å². The van der Waals surface area contributed by atoms with Crippen LogP contribution >= 0.6 is 0 Å². The van der Waals surface area contributed by atoms with E-state index in [4.69, 9.17) is 15.7 Å². The summed E-state index contributed by atoms with van der Waals surface area (Å²) in [6.45, 7) is 0.646. The number of aryl methyl sites for hydroxylation is 1. The number of imidazole rings is 1. The van der Waals surface area contributed by atoms with Gasteiger partial charge in [0, 0.05) is 41.5 Å². The molecule has 5 nitrogen and oxygen atoms in total. The maximum absolute atomic E-state index is 5.77. The van der Waals surface area contributed by atoms with Gasteiger partial charge in [0.2, 0.25) is 0 Å². The fraction of sp³-hybridized carbons (Fsp3) is 0.167. The normalized spacial score (nSPS) is 11.5. The van der Waals surface area contributed by atoms with Crippen LogP contribution in [0.4, 0.5) is 0 Å². The second-order valence-electron chi connectivity index (χ2n) is 7.33. The molecule has 0 spiro atoms. The zero-order valence-electron chi connectivity index (χ0n) is 16.2. The van der Waals surface area contributed by atoms with Gasteiger partial charge in [0.25, 0.3) is 0 Å². The zero-order chi connectivity index (χ0) is 19.6.